The highest BCUT2D eigenvalue weighted by Gasteiger charge is 2.08. The molecule has 2 heteroatoms. The maximum atomic E-state index is 5.03. The van der Waals surface area contributed by atoms with Crippen molar-refractivity contribution in [2.45, 2.75) is 6.92 Å². The third-order valence-corrected chi connectivity index (χ3v) is 5.39. The van der Waals surface area contributed by atoms with Crippen molar-refractivity contribution < 1.29 is 0 Å². The van der Waals surface area contributed by atoms with Gasteiger partial charge in [-0.2, -0.15) is 0 Å². The summed E-state index contributed by atoms with van der Waals surface area (Å²) in [7, 11) is 0. The van der Waals surface area contributed by atoms with Crippen molar-refractivity contribution >= 4 is 22.9 Å². The molecule has 2 nitrogen and oxygen atoms in total. The second kappa shape index (κ2) is 8.37. The van der Waals surface area contributed by atoms with Crippen LogP contribution in [0.15, 0.2) is 103 Å². The maximum Gasteiger partial charge on any atom is 0.0787 e. The summed E-state index contributed by atoms with van der Waals surface area (Å²) >= 11 is 0. The van der Waals surface area contributed by atoms with Crippen molar-refractivity contribution in [2.75, 3.05) is 0 Å². The predicted octanol–water partition coefficient (Wildman–Crippen LogP) is 7.44. The third-order valence-electron chi connectivity index (χ3n) is 5.39. The molecule has 0 aliphatic carbocycles. The summed E-state index contributed by atoms with van der Waals surface area (Å²) in [5.74, 6) is 0. The van der Waals surface area contributed by atoms with E-state index in [0.717, 1.165) is 33.8 Å². The van der Waals surface area contributed by atoms with Crippen LogP contribution in [-0.4, -0.2) is 9.97 Å². The summed E-state index contributed by atoms with van der Waals surface area (Å²) < 4.78 is 0. The Bertz CT molecular complexity index is 1380. The SMILES string of the molecule is Cc1cccc(-c2nc(C=Cc3ccccc3-c3ccccn3)cc3ccccc23)c1. The van der Waals surface area contributed by atoms with Crippen molar-refractivity contribution in [1.82, 2.24) is 9.97 Å². The maximum absolute atomic E-state index is 5.03. The Labute approximate surface area is 182 Å². The smallest absolute Gasteiger partial charge is 0.0787 e. The van der Waals surface area contributed by atoms with Gasteiger partial charge >= 0.3 is 0 Å². The van der Waals surface area contributed by atoms with Gasteiger partial charge < -0.3 is 0 Å². The molecule has 0 radical (unpaired) electrons. The van der Waals surface area contributed by atoms with Crippen molar-refractivity contribution in [3.8, 4) is 22.5 Å². The van der Waals surface area contributed by atoms with E-state index in [2.05, 4.69) is 96.9 Å². The molecular weight excluding hydrogens is 376 g/mol. The van der Waals surface area contributed by atoms with Crippen LogP contribution in [0, 0.1) is 6.92 Å². The molecule has 5 aromatic rings. The molecule has 0 aliphatic rings. The number of hydrogen-bond acceptors (Lipinski definition) is 2. The number of aryl methyl sites for hydroxylation is 1. The normalized spacial score (nSPS) is 11.3. The zero-order chi connectivity index (χ0) is 21.0. The molecule has 2 aromatic heterocycles. The lowest BCUT2D eigenvalue weighted by atomic mass is 10.0. The third kappa shape index (κ3) is 4.01. The summed E-state index contributed by atoms with van der Waals surface area (Å²) in [4.78, 5) is 9.55. The minimum Gasteiger partial charge on any atom is -0.256 e. The molecule has 31 heavy (non-hydrogen) atoms. The Morgan fingerprint density at radius 2 is 1.55 bits per heavy atom. The predicted molar refractivity (Wildman–Crippen MR) is 131 cm³/mol. The summed E-state index contributed by atoms with van der Waals surface area (Å²) in [6, 6.07) is 33.4. The Balaban J connectivity index is 1.61. The van der Waals surface area contributed by atoms with E-state index in [1.54, 1.807) is 0 Å². The molecule has 0 bridgehead atoms. The van der Waals surface area contributed by atoms with Crippen molar-refractivity contribution in [3.63, 3.8) is 0 Å². The van der Waals surface area contributed by atoms with Crippen LogP contribution < -0.4 is 0 Å². The van der Waals surface area contributed by atoms with E-state index in [0.29, 0.717) is 0 Å². The molecule has 2 heterocycles. The van der Waals surface area contributed by atoms with Crippen LogP contribution in [0.25, 0.3) is 45.4 Å². The minimum absolute atomic E-state index is 0.936. The lowest BCUT2D eigenvalue weighted by Gasteiger charge is -2.09. The zero-order valence-corrected chi connectivity index (χ0v) is 17.4. The molecule has 148 valence electrons. The summed E-state index contributed by atoms with van der Waals surface area (Å²) in [6.07, 6.45) is 6.05. The van der Waals surface area contributed by atoms with Gasteiger partial charge in [0.1, 0.15) is 0 Å². The first kappa shape index (κ1) is 19.0. The number of nitrogens with zero attached hydrogens (tertiary/aromatic N) is 2. The lowest BCUT2D eigenvalue weighted by molar-refractivity contribution is 1.31. The molecule has 0 fully saturated rings. The summed E-state index contributed by atoms with van der Waals surface area (Å²) in [6.45, 7) is 2.12. The quantitative estimate of drug-likeness (QED) is 0.314. The summed E-state index contributed by atoms with van der Waals surface area (Å²) in [5, 5.41) is 2.35. The highest BCUT2D eigenvalue weighted by atomic mass is 14.7. The van der Waals surface area contributed by atoms with Gasteiger partial charge in [-0.05, 0) is 48.2 Å². The van der Waals surface area contributed by atoms with Crippen LogP contribution in [-0.2, 0) is 0 Å². The Morgan fingerprint density at radius 1 is 0.710 bits per heavy atom. The van der Waals surface area contributed by atoms with Gasteiger partial charge in [-0.25, -0.2) is 4.98 Å². The van der Waals surface area contributed by atoms with Gasteiger partial charge in [0.25, 0.3) is 0 Å². The average molecular weight is 399 g/mol. The summed E-state index contributed by atoms with van der Waals surface area (Å²) in [5.41, 5.74) is 7.52. The Kier molecular flexibility index (Phi) is 5.12. The number of rotatable bonds is 4. The fourth-order valence-corrected chi connectivity index (χ4v) is 3.89. The van der Waals surface area contributed by atoms with E-state index in [-0.39, 0.29) is 0 Å². The highest BCUT2D eigenvalue weighted by molar-refractivity contribution is 5.96. The average Bonchev–Trinajstić information content (AvgIpc) is 2.83. The van der Waals surface area contributed by atoms with E-state index >= 15 is 0 Å². The van der Waals surface area contributed by atoms with Crippen LogP contribution in [0.1, 0.15) is 16.8 Å². The van der Waals surface area contributed by atoms with E-state index in [1.165, 1.54) is 16.3 Å². The van der Waals surface area contributed by atoms with Gasteiger partial charge in [0.15, 0.2) is 0 Å². The second-order valence-electron chi connectivity index (χ2n) is 7.62. The number of benzene rings is 3. The van der Waals surface area contributed by atoms with Crippen LogP contribution in [0.2, 0.25) is 0 Å². The Morgan fingerprint density at radius 3 is 2.42 bits per heavy atom. The van der Waals surface area contributed by atoms with Crippen LogP contribution in [0.5, 0.6) is 0 Å². The molecule has 0 N–H and O–H groups in total. The number of aromatic nitrogens is 2. The van der Waals surface area contributed by atoms with Crippen molar-refractivity contribution in [2.24, 2.45) is 0 Å². The van der Waals surface area contributed by atoms with E-state index in [4.69, 9.17) is 4.98 Å². The molecule has 0 saturated heterocycles. The molecule has 0 amide bonds. The first-order valence-electron chi connectivity index (χ1n) is 10.4. The van der Waals surface area contributed by atoms with Gasteiger partial charge in [0.2, 0.25) is 0 Å². The fraction of sp³-hybridized carbons (Fsp3) is 0.0345. The number of pyridine rings is 2. The van der Waals surface area contributed by atoms with E-state index in [9.17, 15) is 0 Å². The number of hydrogen-bond donors (Lipinski definition) is 0. The molecule has 0 saturated carbocycles. The van der Waals surface area contributed by atoms with Gasteiger partial charge in [-0.15, -0.1) is 0 Å². The van der Waals surface area contributed by atoms with Gasteiger partial charge in [-0.3, -0.25) is 4.98 Å². The first-order valence-corrected chi connectivity index (χ1v) is 10.4. The second-order valence-corrected chi connectivity index (χ2v) is 7.62. The van der Waals surface area contributed by atoms with Gasteiger partial charge in [-0.1, -0.05) is 84.4 Å². The monoisotopic (exact) mass is 398 g/mol. The van der Waals surface area contributed by atoms with E-state index in [1.807, 2.05) is 30.5 Å². The molecule has 0 unspecified atom stereocenters. The lowest BCUT2D eigenvalue weighted by Crippen LogP contribution is -1.91. The van der Waals surface area contributed by atoms with Crippen molar-refractivity contribution in [3.05, 3.63) is 120 Å². The van der Waals surface area contributed by atoms with Crippen LogP contribution in [0.3, 0.4) is 0 Å². The highest BCUT2D eigenvalue weighted by Crippen LogP contribution is 2.29. The molecule has 3 aromatic carbocycles. The standard InChI is InChI=1S/C29H22N2/c1-21-9-8-12-24(19-21)29-27-14-5-3-11-23(27)20-25(31-29)17-16-22-10-2-4-13-26(22)28-15-6-7-18-30-28/h2-20H,1H3. The molecule has 5 rings (SSSR count). The zero-order valence-electron chi connectivity index (χ0n) is 17.4. The minimum atomic E-state index is 0.936. The van der Waals surface area contributed by atoms with Gasteiger partial charge in [0, 0.05) is 22.7 Å². The fourth-order valence-electron chi connectivity index (χ4n) is 3.89. The van der Waals surface area contributed by atoms with Crippen molar-refractivity contribution in [1.29, 1.82) is 0 Å². The first-order chi connectivity index (χ1) is 15.3. The molecular formula is C29H22N2. The molecule has 0 spiro atoms. The van der Waals surface area contributed by atoms with Crippen LogP contribution >= 0.6 is 0 Å². The van der Waals surface area contributed by atoms with Crippen LogP contribution in [0.4, 0.5) is 0 Å². The largest absolute Gasteiger partial charge is 0.256 e. The molecule has 0 atom stereocenters. The topological polar surface area (TPSA) is 25.8 Å². The van der Waals surface area contributed by atoms with Gasteiger partial charge in [0.05, 0.1) is 17.1 Å². The number of fused-ring (bicyclic) bond motifs is 1. The Hall–Kier alpha value is -4.04. The molecule has 0 aliphatic heterocycles. The van der Waals surface area contributed by atoms with E-state index < -0.39 is 0 Å².